The van der Waals surface area contributed by atoms with Gasteiger partial charge in [0.05, 0.1) is 6.61 Å². The van der Waals surface area contributed by atoms with Crippen molar-refractivity contribution < 1.29 is 9.63 Å². The van der Waals surface area contributed by atoms with Crippen molar-refractivity contribution in [2.24, 2.45) is 0 Å². The van der Waals surface area contributed by atoms with Crippen LogP contribution in [0.25, 0.3) is 0 Å². The van der Waals surface area contributed by atoms with Gasteiger partial charge in [0.1, 0.15) is 0 Å². The van der Waals surface area contributed by atoms with E-state index in [0.717, 1.165) is 12.8 Å². The first kappa shape index (κ1) is 8.33. The van der Waals surface area contributed by atoms with Crippen LogP contribution in [-0.2, 0) is 4.84 Å². The first-order valence-electron chi connectivity index (χ1n) is 4.01. The summed E-state index contributed by atoms with van der Waals surface area (Å²) in [6.07, 6.45) is 3.42. The zero-order chi connectivity index (χ0) is 8.10. The molecule has 4 heteroatoms. The maximum absolute atomic E-state index is 10.9. The van der Waals surface area contributed by atoms with Crippen LogP contribution in [0.2, 0.25) is 0 Å². The number of hydrogen-bond donors (Lipinski definition) is 2. The smallest absolute Gasteiger partial charge is 0.334 e. The van der Waals surface area contributed by atoms with Crippen LogP contribution < -0.4 is 10.8 Å². The number of carbonyl (C=O) groups excluding carboxylic acids is 1. The molecule has 2 amide bonds. The Kier molecular flexibility index (Phi) is 3.16. The number of carbonyl (C=O) groups is 1. The monoisotopic (exact) mass is 158 g/mol. The fourth-order valence-corrected chi connectivity index (χ4v) is 0.905. The number of amides is 2. The summed E-state index contributed by atoms with van der Waals surface area (Å²) in [7, 11) is 0. The Morgan fingerprint density at radius 1 is 1.64 bits per heavy atom. The summed E-state index contributed by atoms with van der Waals surface area (Å²) in [5.74, 6) is 0. The molecule has 0 aromatic heterocycles. The zero-order valence-electron chi connectivity index (χ0n) is 6.72. The molecule has 4 nitrogen and oxygen atoms in total. The molecule has 0 aliphatic heterocycles. The maximum Gasteiger partial charge on any atom is 0.338 e. The highest BCUT2D eigenvalue weighted by atomic mass is 16.7. The summed E-state index contributed by atoms with van der Waals surface area (Å²) in [5.41, 5.74) is 2.28. The second-order valence-electron chi connectivity index (χ2n) is 2.64. The molecular weight excluding hydrogens is 144 g/mol. The third-order valence-corrected chi connectivity index (χ3v) is 1.75. The van der Waals surface area contributed by atoms with Crippen LogP contribution in [0.1, 0.15) is 26.2 Å². The minimum Gasteiger partial charge on any atom is -0.334 e. The van der Waals surface area contributed by atoms with Gasteiger partial charge in [-0.05, 0) is 26.2 Å². The SMILES string of the molecule is CCONC(=O)NC1CCC1. The Bertz CT molecular complexity index is 134. The molecule has 1 fully saturated rings. The van der Waals surface area contributed by atoms with Crippen LogP contribution in [0, 0.1) is 0 Å². The van der Waals surface area contributed by atoms with Crippen LogP contribution in [0.3, 0.4) is 0 Å². The molecule has 64 valence electrons. The van der Waals surface area contributed by atoms with E-state index in [4.69, 9.17) is 4.84 Å². The molecule has 1 aliphatic carbocycles. The van der Waals surface area contributed by atoms with Gasteiger partial charge in [-0.25, -0.2) is 10.3 Å². The largest absolute Gasteiger partial charge is 0.338 e. The number of rotatable bonds is 3. The molecule has 0 saturated heterocycles. The van der Waals surface area contributed by atoms with E-state index in [9.17, 15) is 4.79 Å². The highest BCUT2D eigenvalue weighted by molar-refractivity contribution is 5.73. The normalized spacial score (nSPS) is 17.2. The van der Waals surface area contributed by atoms with Crippen LogP contribution in [-0.4, -0.2) is 18.7 Å². The van der Waals surface area contributed by atoms with Crippen molar-refractivity contribution >= 4 is 6.03 Å². The second kappa shape index (κ2) is 4.18. The third-order valence-electron chi connectivity index (χ3n) is 1.75. The van der Waals surface area contributed by atoms with Crippen molar-refractivity contribution in [1.29, 1.82) is 0 Å². The molecule has 1 rings (SSSR count). The van der Waals surface area contributed by atoms with Gasteiger partial charge >= 0.3 is 6.03 Å². The molecule has 11 heavy (non-hydrogen) atoms. The standard InChI is InChI=1S/C7H14N2O2/c1-2-11-9-7(10)8-6-4-3-5-6/h6H,2-5H2,1H3,(H2,8,9,10). The highest BCUT2D eigenvalue weighted by Crippen LogP contribution is 2.17. The van der Waals surface area contributed by atoms with Crippen molar-refractivity contribution in [1.82, 2.24) is 10.8 Å². The number of hydrogen-bond acceptors (Lipinski definition) is 2. The molecule has 0 aromatic rings. The molecule has 0 radical (unpaired) electrons. The van der Waals surface area contributed by atoms with E-state index in [1.807, 2.05) is 6.92 Å². The summed E-state index contributed by atoms with van der Waals surface area (Å²) in [6, 6.07) is 0.145. The van der Waals surface area contributed by atoms with E-state index >= 15 is 0 Å². The van der Waals surface area contributed by atoms with Crippen LogP contribution in [0.5, 0.6) is 0 Å². The van der Waals surface area contributed by atoms with Gasteiger partial charge in [0.15, 0.2) is 0 Å². The predicted octanol–water partition coefficient (Wildman–Crippen LogP) is 0.790. The molecule has 0 unspecified atom stereocenters. The van der Waals surface area contributed by atoms with Crippen LogP contribution in [0.4, 0.5) is 4.79 Å². The van der Waals surface area contributed by atoms with E-state index in [2.05, 4.69) is 10.8 Å². The minimum absolute atomic E-state index is 0.225. The Labute approximate surface area is 66.3 Å². The van der Waals surface area contributed by atoms with Crippen molar-refractivity contribution in [3.8, 4) is 0 Å². The van der Waals surface area contributed by atoms with Crippen LogP contribution >= 0.6 is 0 Å². The summed E-state index contributed by atoms with van der Waals surface area (Å²) in [4.78, 5) is 15.6. The fourth-order valence-electron chi connectivity index (χ4n) is 0.905. The van der Waals surface area contributed by atoms with E-state index in [-0.39, 0.29) is 6.03 Å². The molecule has 2 N–H and O–H groups in total. The average molecular weight is 158 g/mol. The number of hydroxylamine groups is 1. The van der Waals surface area contributed by atoms with Crippen molar-refractivity contribution in [3.63, 3.8) is 0 Å². The van der Waals surface area contributed by atoms with Crippen molar-refractivity contribution in [2.45, 2.75) is 32.2 Å². The van der Waals surface area contributed by atoms with Gasteiger partial charge in [-0.2, -0.15) is 0 Å². The van der Waals surface area contributed by atoms with E-state index in [1.165, 1.54) is 6.42 Å². The average Bonchev–Trinajstić information content (AvgIpc) is 1.93. The lowest BCUT2D eigenvalue weighted by Gasteiger charge is -2.26. The van der Waals surface area contributed by atoms with Crippen molar-refractivity contribution in [2.75, 3.05) is 6.61 Å². The zero-order valence-corrected chi connectivity index (χ0v) is 6.72. The molecule has 1 aliphatic rings. The van der Waals surface area contributed by atoms with Crippen LogP contribution in [0.15, 0.2) is 0 Å². The quantitative estimate of drug-likeness (QED) is 0.596. The molecular formula is C7H14N2O2. The first-order chi connectivity index (χ1) is 5.33. The van der Waals surface area contributed by atoms with Gasteiger partial charge in [-0.1, -0.05) is 0 Å². The lowest BCUT2D eigenvalue weighted by molar-refractivity contribution is 0.0682. The summed E-state index contributed by atoms with van der Waals surface area (Å²) in [5, 5.41) is 2.78. The van der Waals surface area contributed by atoms with Gasteiger partial charge < -0.3 is 5.32 Å². The Hall–Kier alpha value is -0.770. The van der Waals surface area contributed by atoms with E-state index in [1.54, 1.807) is 0 Å². The van der Waals surface area contributed by atoms with Gasteiger partial charge in [0.25, 0.3) is 0 Å². The first-order valence-corrected chi connectivity index (χ1v) is 4.01. The molecule has 0 heterocycles. The molecule has 0 bridgehead atoms. The predicted molar refractivity (Wildman–Crippen MR) is 40.9 cm³/mol. The fraction of sp³-hybridized carbons (Fsp3) is 0.857. The maximum atomic E-state index is 10.9. The topological polar surface area (TPSA) is 50.4 Å². The molecule has 0 atom stereocenters. The lowest BCUT2D eigenvalue weighted by atomic mass is 9.93. The third kappa shape index (κ3) is 2.76. The van der Waals surface area contributed by atoms with Gasteiger partial charge in [0, 0.05) is 6.04 Å². The Morgan fingerprint density at radius 2 is 2.36 bits per heavy atom. The number of nitrogens with one attached hydrogen (secondary N) is 2. The Morgan fingerprint density at radius 3 is 2.82 bits per heavy atom. The van der Waals surface area contributed by atoms with Gasteiger partial charge in [-0.15, -0.1) is 0 Å². The van der Waals surface area contributed by atoms with E-state index < -0.39 is 0 Å². The minimum atomic E-state index is -0.225. The summed E-state index contributed by atoms with van der Waals surface area (Å²) in [6.45, 7) is 2.32. The van der Waals surface area contributed by atoms with Gasteiger partial charge in [-0.3, -0.25) is 4.84 Å². The lowest BCUT2D eigenvalue weighted by Crippen LogP contribution is -2.45. The Balaban J connectivity index is 2.00. The molecule has 1 saturated carbocycles. The highest BCUT2D eigenvalue weighted by Gasteiger charge is 2.18. The summed E-state index contributed by atoms with van der Waals surface area (Å²) < 4.78 is 0. The van der Waals surface area contributed by atoms with Gasteiger partial charge in [0.2, 0.25) is 0 Å². The van der Waals surface area contributed by atoms with Crippen molar-refractivity contribution in [3.05, 3.63) is 0 Å². The summed E-state index contributed by atoms with van der Waals surface area (Å²) >= 11 is 0. The second-order valence-corrected chi connectivity index (χ2v) is 2.64. The molecule has 0 spiro atoms. The molecule has 0 aromatic carbocycles. The van der Waals surface area contributed by atoms with E-state index in [0.29, 0.717) is 12.6 Å². The number of urea groups is 1.